The monoisotopic (exact) mass is 444 g/mol. The van der Waals surface area contributed by atoms with Gasteiger partial charge in [-0.05, 0) is 54.6 Å². The normalized spacial score (nSPS) is 10.9. The minimum absolute atomic E-state index is 0.164. The second-order valence-corrected chi connectivity index (χ2v) is 8.01. The van der Waals surface area contributed by atoms with E-state index in [1.54, 1.807) is 54.8 Å². The molecule has 0 saturated heterocycles. The maximum absolute atomic E-state index is 14.2. The molecule has 2 heterocycles. The Bertz CT molecular complexity index is 1370. The molecular formula is C25H17FN2O3S. The molecule has 0 fully saturated rings. The van der Waals surface area contributed by atoms with Crippen LogP contribution in [0.25, 0.3) is 10.2 Å². The summed E-state index contributed by atoms with van der Waals surface area (Å²) in [7, 11) is 0. The van der Waals surface area contributed by atoms with Crippen LogP contribution in [0.3, 0.4) is 0 Å². The van der Waals surface area contributed by atoms with E-state index in [1.807, 2.05) is 30.3 Å². The van der Waals surface area contributed by atoms with E-state index in [-0.39, 0.29) is 18.0 Å². The van der Waals surface area contributed by atoms with Crippen molar-refractivity contribution in [1.82, 2.24) is 4.98 Å². The van der Waals surface area contributed by atoms with Gasteiger partial charge in [0.05, 0.1) is 17.5 Å². The average Bonchev–Trinajstić information content (AvgIpc) is 3.48. The number of ether oxygens (including phenoxy) is 1. The summed E-state index contributed by atoms with van der Waals surface area (Å²) in [4.78, 5) is 19.4. The number of thiazole rings is 1. The molecule has 0 bridgehead atoms. The highest BCUT2D eigenvalue weighted by Gasteiger charge is 2.24. The lowest BCUT2D eigenvalue weighted by molar-refractivity contribution is 0.0983. The van der Waals surface area contributed by atoms with Gasteiger partial charge in [-0.1, -0.05) is 41.7 Å². The van der Waals surface area contributed by atoms with Gasteiger partial charge in [0, 0.05) is 5.56 Å². The van der Waals surface area contributed by atoms with Gasteiger partial charge in [-0.15, -0.1) is 0 Å². The highest BCUT2D eigenvalue weighted by molar-refractivity contribution is 7.22. The number of anilines is 1. The third kappa shape index (κ3) is 4.10. The van der Waals surface area contributed by atoms with Crippen LogP contribution in [0.15, 0.2) is 95.6 Å². The predicted molar refractivity (Wildman–Crippen MR) is 122 cm³/mol. The first kappa shape index (κ1) is 20.0. The van der Waals surface area contributed by atoms with Gasteiger partial charge >= 0.3 is 0 Å². The van der Waals surface area contributed by atoms with Crippen LogP contribution in [0.5, 0.6) is 11.5 Å². The lowest BCUT2D eigenvalue weighted by atomic mass is 10.2. The predicted octanol–water partition coefficient (Wildman–Crippen LogP) is 6.67. The maximum Gasteiger partial charge on any atom is 0.260 e. The van der Waals surface area contributed by atoms with Crippen molar-refractivity contribution in [3.63, 3.8) is 0 Å². The summed E-state index contributed by atoms with van der Waals surface area (Å²) in [6, 6.07) is 24.6. The number of nitrogens with zero attached hydrogens (tertiary/aromatic N) is 2. The van der Waals surface area contributed by atoms with Crippen LogP contribution in [0.4, 0.5) is 9.52 Å². The minimum atomic E-state index is -0.423. The van der Waals surface area contributed by atoms with Crippen LogP contribution in [0.1, 0.15) is 16.1 Å². The summed E-state index contributed by atoms with van der Waals surface area (Å²) in [5.41, 5.74) is 0.663. The molecular weight excluding hydrogens is 427 g/mol. The molecule has 5 aromatic rings. The second kappa shape index (κ2) is 8.64. The van der Waals surface area contributed by atoms with Gasteiger partial charge in [-0.25, -0.2) is 9.37 Å². The summed E-state index contributed by atoms with van der Waals surface area (Å²) in [6.45, 7) is 0.164. The number of hydrogen-bond acceptors (Lipinski definition) is 5. The molecule has 0 radical (unpaired) electrons. The molecule has 0 N–H and O–H groups in total. The van der Waals surface area contributed by atoms with E-state index in [1.165, 1.54) is 22.3 Å². The smallest absolute Gasteiger partial charge is 0.260 e. The molecule has 0 aliphatic rings. The summed E-state index contributed by atoms with van der Waals surface area (Å²) in [5.74, 6) is 1.09. The third-order valence-corrected chi connectivity index (χ3v) is 5.83. The Morgan fingerprint density at radius 2 is 1.78 bits per heavy atom. The van der Waals surface area contributed by atoms with Crippen molar-refractivity contribution >= 4 is 32.6 Å². The summed E-state index contributed by atoms with van der Waals surface area (Å²) in [6.07, 6.45) is 1.55. The molecule has 5 nitrogen and oxygen atoms in total. The summed E-state index contributed by atoms with van der Waals surface area (Å²) >= 11 is 1.25. The van der Waals surface area contributed by atoms with Crippen molar-refractivity contribution in [2.75, 3.05) is 4.90 Å². The van der Waals surface area contributed by atoms with Crippen LogP contribution in [0, 0.1) is 5.82 Å². The quantitative estimate of drug-likeness (QED) is 0.294. The zero-order chi connectivity index (χ0) is 21.9. The molecule has 0 saturated carbocycles. The SMILES string of the molecule is O=C(c1cccc(Oc2ccccc2)c1)N(Cc1ccco1)c1nc2c(F)cccc2s1. The van der Waals surface area contributed by atoms with Crippen molar-refractivity contribution in [3.8, 4) is 11.5 Å². The first-order valence-corrected chi connectivity index (χ1v) is 10.7. The number of aromatic nitrogens is 1. The van der Waals surface area contributed by atoms with Crippen LogP contribution in [-0.2, 0) is 6.54 Å². The lowest BCUT2D eigenvalue weighted by Gasteiger charge is -2.19. The van der Waals surface area contributed by atoms with Gasteiger partial charge in [0.1, 0.15) is 28.6 Å². The van der Waals surface area contributed by atoms with Crippen LogP contribution in [-0.4, -0.2) is 10.9 Å². The molecule has 0 aliphatic carbocycles. The van der Waals surface area contributed by atoms with Gasteiger partial charge in [-0.3, -0.25) is 9.69 Å². The number of amides is 1. The fourth-order valence-electron chi connectivity index (χ4n) is 3.28. The molecule has 158 valence electrons. The number of furan rings is 1. The number of halogens is 1. The van der Waals surface area contributed by atoms with Crippen LogP contribution in [0.2, 0.25) is 0 Å². The van der Waals surface area contributed by atoms with Gasteiger partial charge in [0.15, 0.2) is 5.13 Å². The molecule has 0 spiro atoms. The Balaban J connectivity index is 1.50. The maximum atomic E-state index is 14.2. The first-order chi connectivity index (χ1) is 15.7. The van der Waals surface area contributed by atoms with Crippen molar-refractivity contribution in [2.24, 2.45) is 0 Å². The van der Waals surface area contributed by atoms with E-state index in [9.17, 15) is 9.18 Å². The largest absolute Gasteiger partial charge is 0.467 e. The van der Waals surface area contributed by atoms with E-state index in [0.717, 1.165) is 0 Å². The Morgan fingerprint density at radius 1 is 0.969 bits per heavy atom. The van der Waals surface area contributed by atoms with E-state index < -0.39 is 5.82 Å². The van der Waals surface area contributed by atoms with Crippen LogP contribution < -0.4 is 9.64 Å². The standard InChI is InChI=1S/C25H17FN2O3S/c26-21-12-5-13-22-23(21)27-25(32-22)28(16-20-11-6-14-30-20)24(29)17-7-4-10-19(15-17)31-18-8-2-1-3-9-18/h1-15H,16H2. The number of carbonyl (C=O) groups excluding carboxylic acids is 1. The van der Waals surface area contributed by atoms with Gasteiger partial charge < -0.3 is 9.15 Å². The minimum Gasteiger partial charge on any atom is -0.467 e. The van der Waals surface area contributed by atoms with Crippen molar-refractivity contribution in [1.29, 1.82) is 0 Å². The molecule has 1 amide bonds. The topological polar surface area (TPSA) is 55.6 Å². The molecule has 5 rings (SSSR count). The second-order valence-electron chi connectivity index (χ2n) is 7.00. The van der Waals surface area contributed by atoms with Gasteiger partial charge in [0.25, 0.3) is 5.91 Å². The fraction of sp³-hybridized carbons (Fsp3) is 0.0400. The highest BCUT2D eigenvalue weighted by Crippen LogP contribution is 2.32. The number of benzene rings is 3. The lowest BCUT2D eigenvalue weighted by Crippen LogP contribution is -2.30. The number of carbonyl (C=O) groups is 1. The van der Waals surface area contributed by atoms with E-state index >= 15 is 0 Å². The Kier molecular flexibility index (Phi) is 5.39. The Hall–Kier alpha value is -3.97. The Labute approximate surface area is 187 Å². The molecule has 0 aliphatic heterocycles. The number of hydrogen-bond donors (Lipinski definition) is 0. The Morgan fingerprint density at radius 3 is 2.56 bits per heavy atom. The highest BCUT2D eigenvalue weighted by atomic mass is 32.1. The summed E-state index contributed by atoms with van der Waals surface area (Å²) < 4.78 is 26.2. The van der Waals surface area contributed by atoms with E-state index in [0.29, 0.717) is 32.7 Å². The third-order valence-electron chi connectivity index (χ3n) is 4.79. The molecule has 7 heteroatoms. The van der Waals surface area contributed by atoms with E-state index in [2.05, 4.69) is 4.98 Å². The molecule has 0 unspecified atom stereocenters. The molecule has 32 heavy (non-hydrogen) atoms. The van der Waals surface area contributed by atoms with Crippen molar-refractivity contribution in [2.45, 2.75) is 6.54 Å². The average molecular weight is 444 g/mol. The fourth-order valence-corrected chi connectivity index (χ4v) is 4.25. The molecule has 3 aromatic carbocycles. The van der Waals surface area contributed by atoms with E-state index in [4.69, 9.17) is 9.15 Å². The molecule has 0 atom stereocenters. The van der Waals surface area contributed by atoms with Gasteiger partial charge in [-0.2, -0.15) is 0 Å². The zero-order valence-electron chi connectivity index (χ0n) is 16.8. The first-order valence-electron chi connectivity index (χ1n) is 9.90. The molecule has 2 aromatic heterocycles. The van der Waals surface area contributed by atoms with Gasteiger partial charge in [0.2, 0.25) is 0 Å². The number of rotatable bonds is 6. The summed E-state index contributed by atoms with van der Waals surface area (Å²) in [5, 5.41) is 0.390. The number of fused-ring (bicyclic) bond motifs is 1. The van der Waals surface area contributed by atoms with Crippen LogP contribution >= 0.6 is 11.3 Å². The zero-order valence-corrected chi connectivity index (χ0v) is 17.6. The van der Waals surface area contributed by atoms with Crippen molar-refractivity contribution in [3.05, 3.63) is 108 Å². The van der Waals surface area contributed by atoms with Crippen molar-refractivity contribution < 1.29 is 18.3 Å². The number of para-hydroxylation sites is 2.